The van der Waals surface area contributed by atoms with E-state index in [-0.39, 0.29) is 11.4 Å². The highest BCUT2D eigenvalue weighted by Crippen LogP contribution is 2.27. The van der Waals surface area contributed by atoms with Crippen molar-refractivity contribution in [3.05, 3.63) is 65.5 Å². The number of rotatable bonds is 6. The Morgan fingerprint density at radius 2 is 1.74 bits per heavy atom. The highest BCUT2D eigenvalue weighted by atomic mass is 32.2. The molecule has 124 valence electrons. The molecule has 0 aliphatic heterocycles. The van der Waals surface area contributed by atoms with Gasteiger partial charge in [0.1, 0.15) is 11.4 Å². The largest absolute Gasteiger partial charge is 0.372 e. The van der Waals surface area contributed by atoms with Crippen molar-refractivity contribution < 1.29 is 17.5 Å². The number of hydrogen-bond acceptors (Lipinski definition) is 3. The predicted octanol–water partition coefficient (Wildman–Crippen LogP) is 2.97. The third kappa shape index (κ3) is 3.96. The Morgan fingerprint density at radius 1 is 1.13 bits per heavy atom. The van der Waals surface area contributed by atoms with Gasteiger partial charge in [0.2, 0.25) is 10.0 Å². The minimum Gasteiger partial charge on any atom is -0.372 e. The van der Waals surface area contributed by atoms with E-state index in [2.05, 4.69) is 4.72 Å². The van der Waals surface area contributed by atoms with Crippen LogP contribution >= 0.6 is 0 Å². The fourth-order valence-corrected chi connectivity index (χ4v) is 3.33. The van der Waals surface area contributed by atoms with Crippen molar-refractivity contribution in [3.8, 4) is 0 Å². The number of halogens is 1. The Hall–Kier alpha value is -1.76. The van der Waals surface area contributed by atoms with E-state index in [0.29, 0.717) is 5.56 Å². The average Bonchev–Trinajstić information content (AvgIpc) is 2.53. The van der Waals surface area contributed by atoms with Gasteiger partial charge in [0.05, 0.1) is 4.90 Å². The van der Waals surface area contributed by atoms with Crippen LogP contribution in [0.25, 0.3) is 0 Å². The number of aryl methyl sites for hydroxylation is 1. The van der Waals surface area contributed by atoms with Crippen molar-refractivity contribution in [2.75, 3.05) is 13.7 Å². The Balaban J connectivity index is 2.23. The number of benzene rings is 2. The van der Waals surface area contributed by atoms with Crippen LogP contribution in [0, 0.1) is 12.7 Å². The van der Waals surface area contributed by atoms with Crippen LogP contribution in [0.1, 0.15) is 18.1 Å². The van der Waals surface area contributed by atoms with E-state index in [9.17, 15) is 12.8 Å². The second-order valence-corrected chi connectivity index (χ2v) is 7.32. The van der Waals surface area contributed by atoms with Crippen molar-refractivity contribution in [1.29, 1.82) is 0 Å². The number of hydrogen-bond donors (Lipinski definition) is 1. The fraction of sp³-hybridized carbons (Fsp3) is 0.294. The molecule has 0 heterocycles. The van der Waals surface area contributed by atoms with Crippen molar-refractivity contribution in [3.63, 3.8) is 0 Å². The molecule has 1 N–H and O–H groups in total. The van der Waals surface area contributed by atoms with Crippen molar-refractivity contribution >= 4 is 10.0 Å². The molecule has 1 atom stereocenters. The summed E-state index contributed by atoms with van der Waals surface area (Å²) < 4.78 is 46.6. The van der Waals surface area contributed by atoms with Crippen LogP contribution in [0.15, 0.2) is 53.4 Å². The molecular weight excluding hydrogens is 317 g/mol. The highest BCUT2D eigenvalue weighted by molar-refractivity contribution is 7.89. The highest BCUT2D eigenvalue weighted by Gasteiger charge is 2.31. The van der Waals surface area contributed by atoms with Crippen molar-refractivity contribution in [2.45, 2.75) is 24.3 Å². The van der Waals surface area contributed by atoms with Gasteiger partial charge in [-0.15, -0.1) is 0 Å². The molecule has 0 spiro atoms. The Bertz CT molecular complexity index is 775. The summed E-state index contributed by atoms with van der Waals surface area (Å²) in [6.07, 6.45) is 0. The lowest BCUT2D eigenvalue weighted by Crippen LogP contribution is -2.40. The number of methoxy groups -OCH3 is 1. The topological polar surface area (TPSA) is 55.4 Å². The van der Waals surface area contributed by atoms with Crippen LogP contribution in [0.5, 0.6) is 0 Å². The van der Waals surface area contributed by atoms with Gasteiger partial charge < -0.3 is 4.74 Å². The second-order valence-electron chi connectivity index (χ2n) is 5.55. The van der Waals surface area contributed by atoms with E-state index >= 15 is 0 Å². The number of ether oxygens (including phenoxy) is 1. The van der Waals surface area contributed by atoms with Crippen LogP contribution < -0.4 is 4.72 Å². The SMILES string of the molecule is COC(C)(CNS(=O)(=O)c1ccc(C)cc1)c1ccccc1F. The average molecular weight is 337 g/mol. The minimum absolute atomic E-state index is 0.0827. The minimum atomic E-state index is -3.69. The summed E-state index contributed by atoms with van der Waals surface area (Å²) in [4.78, 5) is 0.162. The van der Waals surface area contributed by atoms with Crippen LogP contribution in [-0.4, -0.2) is 22.1 Å². The molecule has 6 heteroatoms. The first-order chi connectivity index (χ1) is 10.8. The molecule has 0 aliphatic rings. The zero-order valence-electron chi connectivity index (χ0n) is 13.3. The van der Waals surface area contributed by atoms with Crippen molar-refractivity contribution in [1.82, 2.24) is 4.72 Å². The number of sulfonamides is 1. The summed E-state index contributed by atoms with van der Waals surface area (Å²) in [6, 6.07) is 12.7. The van der Waals surface area contributed by atoms with Gasteiger partial charge in [-0.05, 0) is 32.0 Å². The summed E-state index contributed by atoms with van der Waals surface area (Å²) in [6.45, 7) is 3.44. The first-order valence-electron chi connectivity index (χ1n) is 7.15. The predicted molar refractivity (Wildman–Crippen MR) is 87.1 cm³/mol. The van der Waals surface area contributed by atoms with Gasteiger partial charge in [-0.3, -0.25) is 0 Å². The maximum Gasteiger partial charge on any atom is 0.240 e. The summed E-state index contributed by atoms with van der Waals surface area (Å²) in [7, 11) is -2.27. The molecule has 0 fully saturated rings. The van der Waals surface area contributed by atoms with E-state index in [1.165, 1.54) is 25.3 Å². The third-order valence-corrected chi connectivity index (χ3v) is 5.24. The van der Waals surface area contributed by atoms with Gasteiger partial charge in [0.15, 0.2) is 0 Å². The molecule has 2 aromatic carbocycles. The van der Waals surface area contributed by atoms with E-state index in [0.717, 1.165) is 5.56 Å². The van der Waals surface area contributed by atoms with Crippen LogP contribution in [0.2, 0.25) is 0 Å². The van der Waals surface area contributed by atoms with Gasteiger partial charge in [-0.1, -0.05) is 35.9 Å². The summed E-state index contributed by atoms with van der Waals surface area (Å²) >= 11 is 0. The summed E-state index contributed by atoms with van der Waals surface area (Å²) in [5.74, 6) is -0.439. The first-order valence-corrected chi connectivity index (χ1v) is 8.63. The lowest BCUT2D eigenvalue weighted by molar-refractivity contribution is 0.00410. The molecule has 0 saturated carbocycles. The maximum atomic E-state index is 14.0. The van der Waals surface area contributed by atoms with Gasteiger partial charge in [0.25, 0.3) is 0 Å². The van der Waals surface area contributed by atoms with Gasteiger partial charge in [0, 0.05) is 19.2 Å². The monoisotopic (exact) mass is 337 g/mol. The second kappa shape index (κ2) is 6.78. The fourth-order valence-electron chi connectivity index (χ4n) is 2.20. The van der Waals surface area contributed by atoms with E-state index < -0.39 is 21.4 Å². The smallest absolute Gasteiger partial charge is 0.240 e. The molecule has 0 radical (unpaired) electrons. The maximum absolute atomic E-state index is 14.0. The molecule has 1 unspecified atom stereocenters. The molecule has 0 saturated heterocycles. The normalized spacial score (nSPS) is 14.4. The van der Waals surface area contributed by atoms with Gasteiger partial charge in [-0.2, -0.15) is 0 Å². The van der Waals surface area contributed by atoms with E-state index in [4.69, 9.17) is 4.74 Å². The molecule has 0 amide bonds. The van der Waals surface area contributed by atoms with Crippen LogP contribution in [-0.2, 0) is 20.4 Å². The van der Waals surface area contributed by atoms with E-state index in [1.54, 1.807) is 37.3 Å². The molecule has 23 heavy (non-hydrogen) atoms. The molecule has 0 aromatic heterocycles. The molecule has 0 bridgehead atoms. The Morgan fingerprint density at radius 3 is 2.30 bits per heavy atom. The molecular formula is C17H20FNO3S. The summed E-state index contributed by atoms with van der Waals surface area (Å²) in [5, 5.41) is 0. The standard InChI is InChI=1S/C17H20FNO3S/c1-13-8-10-14(11-9-13)23(20,21)19-12-17(2,22-3)15-6-4-5-7-16(15)18/h4-11,19H,12H2,1-3H3. The quantitative estimate of drug-likeness (QED) is 0.882. The van der Waals surface area contributed by atoms with Gasteiger partial charge in [-0.25, -0.2) is 17.5 Å². The molecule has 4 nitrogen and oxygen atoms in total. The van der Waals surface area contributed by atoms with Gasteiger partial charge >= 0.3 is 0 Å². The third-order valence-electron chi connectivity index (χ3n) is 3.82. The number of nitrogens with one attached hydrogen (secondary N) is 1. The zero-order valence-corrected chi connectivity index (χ0v) is 14.2. The first kappa shape index (κ1) is 17.6. The molecule has 0 aliphatic carbocycles. The Labute approximate surface area is 136 Å². The molecule has 2 aromatic rings. The lowest BCUT2D eigenvalue weighted by Gasteiger charge is -2.29. The van der Waals surface area contributed by atoms with Crippen LogP contribution in [0.3, 0.4) is 0 Å². The van der Waals surface area contributed by atoms with Crippen LogP contribution in [0.4, 0.5) is 4.39 Å². The van der Waals surface area contributed by atoms with E-state index in [1.807, 2.05) is 6.92 Å². The Kier molecular flexibility index (Phi) is 5.19. The lowest BCUT2D eigenvalue weighted by atomic mass is 9.95. The van der Waals surface area contributed by atoms with Crippen molar-refractivity contribution in [2.24, 2.45) is 0 Å². The zero-order chi connectivity index (χ0) is 17.1. The molecule has 2 rings (SSSR count). The summed E-state index contributed by atoms with van der Waals surface area (Å²) in [5.41, 5.74) is 0.162.